The van der Waals surface area contributed by atoms with E-state index in [0.29, 0.717) is 36.8 Å². The van der Waals surface area contributed by atoms with Crippen LogP contribution in [0.15, 0.2) is 42.5 Å². The quantitative estimate of drug-likeness (QED) is 0.567. The van der Waals surface area contributed by atoms with Crippen LogP contribution in [0.2, 0.25) is 0 Å². The summed E-state index contributed by atoms with van der Waals surface area (Å²) in [6.07, 6.45) is 1.45. The largest absolute Gasteiger partial charge is 0.490 e. The fraction of sp³-hybridized carbons (Fsp3) is 0.435. The Labute approximate surface area is 185 Å². The van der Waals surface area contributed by atoms with Crippen molar-refractivity contribution in [1.82, 2.24) is 5.32 Å². The van der Waals surface area contributed by atoms with E-state index in [1.54, 1.807) is 25.1 Å². The minimum atomic E-state index is -3.66. The summed E-state index contributed by atoms with van der Waals surface area (Å²) in [7, 11) is -3.66. The van der Waals surface area contributed by atoms with Crippen molar-refractivity contribution in [2.24, 2.45) is 0 Å². The van der Waals surface area contributed by atoms with Gasteiger partial charge in [-0.15, -0.1) is 0 Å². The molecule has 1 amide bonds. The summed E-state index contributed by atoms with van der Waals surface area (Å²) >= 11 is 0. The fourth-order valence-corrected chi connectivity index (χ4v) is 4.54. The maximum Gasteiger partial charge on any atom is 0.244 e. The van der Waals surface area contributed by atoms with E-state index in [-0.39, 0.29) is 12.5 Å². The van der Waals surface area contributed by atoms with E-state index in [2.05, 4.69) is 5.32 Å². The molecule has 170 valence electrons. The molecule has 1 N–H and O–H groups in total. The zero-order valence-corrected chi connectivity index (χ0v) is 19.7. The van der Waals surface area contributed by atoms with Crippen molar-refractivity contribution in [3.63, 3.8) is 0 Å². The standard InChI is InChI=1S/C23H32N2O5S/c1-6-20(25(31(5,27)28)19-11-9-10-17(4)14-19)23(26)24-16-18-12-13-21(29-7-2)22(15-18)30-8-3/h9-15,20H,6-8,16H2,1-5H3,(H,24,26). The summed E-state index contributed by atoms with van der Waals surface area (Å²) in [5.41, 5.74) is 2.22. The zero-order valence-electron chi connectivity index (χ0n) is 18.8. The lowest BCUT2D eigenvalue weighted by molar-refractivity contribution is -0.122. The molecule has 0 aliphatic rings. The smallest absolute Gasteiger partial charge is 0.244 e. The molecule has 2 aromatic carbocycles. The molecule has 0 spiro atoms. The first-order chi connectivity index (χ1) is 14.7. The van der Waals surface area contributed by atoms with E-state index in [1.807, 2.05) is 45.0 Å². The normalized spacial score (nSPS) is 12.2. The molecule has 0 aliphatic carbocycles. The number of rotatable bonds is 11. The number of nitrogens with one attached hydrogen (secondary N) is 1. The van der Waals surface area contributed by atoms with Gasteiger partial charge in [0.15, 0.2) is 11.5 Å². The molecule has 1 unspecified atom stereocenters. The van der Waals surface area contributed by atoms with Crippen molar-refractivity contribution < 1.29 is 22.7 Å². The van der Waals surface area contributed by atoms with Gasteiger partial charge in [0.2, 0.25) is 15.9 Å². The first kappa shape index (κ1) is 24.5. The lowest BCUT2D eigenvalue weighted by atomic mass is 10.1. The molecule has 7 nitrogen and oxygen atoms in total. The Bertz CT molecular complexity index is 991. The molecular weight excluding hydrogens is 416 g/mol. The molecule has 2 rings (SSSR count). The molecule has 0 aromatic heterocycles. The molecule has 1 atom stereocenters. The third kappa shape index (κ3) is 6.62. The van der Waals surface area contributed by atoms with Crippen molar-refractivity contribution in [2.45, 2.75) is 46.7 Å². The van der Waals surface area contributed by atoms with E-state index < -0.39 is 16.1 Å². The highest BCUT2D eigenvalue weighted by molar-refractivity contribution is 7.92. The monoisotopic (exact) mass is 448 g/mol. The molecule has 2 aromatic rings. The molecule has 0 bridgehead atoms. The van der Waals surface area contributed by atoms with Gasteiger partial charge in [0.05, 0.1) is 25.2 Å². The van der Waals surface area contributed by atoms with Gasteiger partial charge in [0.1, 0.15) is 6.04 Å². The SMILES string of the molecule is CCOc1ccc(CNC(=O)C(CC)N(c2cccc(C)c2)S(C)(=O)=O)cc1OCC. The van der Waals surface area contributed by atoms with E-state index in [1.165, 1.54) is 4.31 Å². The van der Waals surface area contributed by atoms with Crippen LogP contribution in [0.5, 0.6) is 11.5 Å². The Balaban J connectivity index is 2.22. The van der Waals surface area contributed by atoms with Gasteiger partial charge in [-0.1, -0.05) is 25.1 Å². The fourth-order valence-electron chi connectivity index (χ4n) is 3.34. The summed E-state index contributed by atoms with van der Waals surface area (Å²) in [6, 6.07) is 11.8. The Morgan fingerprint density at radius 1 is 1.03 bits per heavy atom. The second-order valence-electron chi connectivity index (χ2n) is 7.19. The minimum absolute atomic E-state index is 0.243. The number of benzene rings is 2. The first-order valence-corrected chi connectivity index (χ1v) is 12.3. The highest BCUT2D eigenvalue weighted by Crippen LogP contribution is 2.29. The van der Waals surface area contributed by atoms with Gasteiger partial charge >= 0.3 is 0 Å². The predicted molar refractivity (Wildman–Crippen MR) is 123 cm³/mol. The van der Waals surface area contributed by atoms with Crippen LogP contribution < -0.4 is 19.1 Å². The van der Waals surface area contributed by atoms with Crippen molar-refractivity contribution >= 4 is 21.6 Å². The van der Waals surface area contributed by atoms with Crippen LogP contribution >= 0.6 is 0 Å². The van der Waals surface area contributed by atoms with Crippen LogP contribution in [-0.2, 0) is 21.4 Å². The third-order valence-corrected chi connectivity index (χ3v) is 5.84. The van der Waals surface area contributed by atoms with Crippen LogP contribution in [0.4, 0.5) is 5.69 Å². The lowest BCUT2D eigenvalue weighted by Gasteiger charge is -2.30. The molecule has 0 saturated carbocycles. The number of hydrogen-bond donors (Lipinski definition) is 1. The van der Waals surface area contributed by atoms with Crippen LogP contribution in [0.1, 0.15) is 38.3 Å². The number of aryl methyl sites for hydroxylation is 1. The summed E-state index contributed by atoms with van der Waals surface area (Å²) in [4.78, 5) is 13.0. The van der Waals surface area contributed by atoms with Gasteiger partial charge in [-0.05, 0) is 62.6 Å². The molecule has 0 radical (unpaired) electrons. The summed E-state index contributed by atoms with van der Waals surface area (Å²) in [6.45, 7) is 8.72. The summed E-state index contributed by atoms with van der Waals surface area (Å²) in [5.74, 6) is 0.899. The minimum Gasteiger partial charge on any atom is -0.490 e. The topological polar surface area (TPSA) is 84.9 Å². The van der Waals surface area contributed by atoms with Crippen molar-refractivity contribution in [2.75, 3.05) is 23.8 Å². The van der Waals surface area contributed by atoms with E-state index >= 15 is 0 Å². The summed E-state index contributed by atoms with van der Waals surface area (Å²) < 4.78 is 37.5. The van der Waals surface area contributed by atoms with Gasteiger partial charge in [-0.3, -0.25) is 9.10 Å². The van der Waals surface area contributed by atoms with Crippen LogP contribution in [0, 0.1) is 6.92 Å². The molecule has 0 aliphatic heterocycles. The van der Waals surface area contributed by atoms with E-state index in [9.17, 15) is 13.2 Å². The van der Waals surface area contributed by atoms with Gasteiger partial charge in [0.25, 0.3) is 0 Å². The maximum absolute atomic E-state index is 13.0. The van der Waals surface area contributed by atoms with Gasteiger partial charge in [-0.2, -0.15) is 0 Å². The Morgan fingerprint density at radius 3 is 2.29 bits per heavy atom. The number of amides is 1. The maximum atomic E-state index is 13.0. The van der Waals surface area contributed by atoms with Crippen LogP contribution in [0.3, 0.4) is 0 Å². The van der Waals surface area contributed by atoms with Crippen molar-refractivity contribution in [3.8, 4) is 11.5 Å². The highest BCUT2D eigenvalue weighted by atomic mass is 32.2. The van der Waals surface area contributed by atoms with Crippen LogP contribution in [-0.4, -0.2) is 39.8 Å². The average Bonchev–Trinajstić information content (AvgIpc) is 2.71. The van der Waals surface area contributed by atoms with E-state index in [4.69, 9.17) is 9.47 Å². The first-order valence-electron chi connectivity index (χ1n) is 10.4. The number of anilines is 1. The molecule has 0 fully saturated rings. The number of sulfonamides is 1. The Kier molecular flexibility index (Phi) is 8.74. The average molecular weight is 449 g/mol. The lowest BCUT2D eigenvalue weighted by Crippen LogP contribution is -2.49. The Hall–Kier alpha value is -2.74. The number of hydrogen-bond acceptors (Lipinski definition) is 5. The second-order valence-corrected chi connectivity index (χ2v) is 9.05. The number of ether oxygens (including phenoxy) is 2. The Morgan fingerprint density at radius 2 is 1.71 bits per heavy atom. The van der Waals surface area contributed by atoms with Gasteiger partial charge < -0.3 is 14.8 Å². The molecule has 31 heavy (non-hydrogen) atoms. The molecule has 0 heterocycles. The molecule has 8 heteroatoms. The number of nitrogens with zero attached hydrogens (tertiary/aromatic N) is 1. The van der Waals surface area contributed by atoms with Crippen LogP contribution in [0.25, 0.3) is 0 Å². The predicted octanol–water partition coefficient (Wildman–Crippen LogP) is 3.65. The van der Waals surface area contributed by atoms with Crippen molar-refractivity contribution in [1.29, 1.82) is 0 Å². The van der Waals surface area contributed by atoms with Crippen molar-refractivity contribution in [3.05, 3.63) is 53.6 Å². The van der Waals surface area contributed by atoms with E-state index in [0.717, 1.165) is 17.4 Å². The molecule has 0 saturated heterocycles. The van der Waals surface area contributed by atoms with Gasteiger partial charge in [-0.25, -0.2) is 8.42 Å². The summed E-state index contributed by atoms with van der Waals surface area (Å²) in [5, 5.41) is 2.87. The molecular formula is C23H32N2O5S. The highest BCUT2D eigenvalue weighted by Gasteiger charge is 2.31. The zero-order chi connectivity index (χ0) is 23.0. The number of carbonyl (C=O) groups is 1. The second kappa shape index (κ2) is 11.0. The third-order valence-electron chi connectivity index (χ3n) is 4.66. The van der Waals surface area contributed by atoms with Gasteiger partial charge in [0, 0.05) is 6.54 Å². The number of carbonyl (C=O) groups excluding carboxylic acids is 1.